The Morgan fingerprint density at radius 1 is 1.44 bits per heavy atom. The van der Waals surface area contributed by atoms with Crippen LogP contribution in [0, 0.1) is 0 Å². The van der Waals surface area contributed by atoms with Gasteiger partial charge in [-0.15, -0.1) is 0 Å². The molecule has 88 valence electrons. The van der Waals surface area contributed by atoms with E-state index in [0.29, 0.717) is 6.54 Å². The van der Waals surface area contributed by atoms with Crippen molar-refractivity contribution in [3.8, 4) is 5.88 Å². The van der Waals surface area contributed by atoms with E-state index in [9.17, 15) is 13.2 Å². The average molecular weight is 232 g/mol. The van der Waals surface area contributed by atoms with Gasteiger partial charge in [0, 0.05) is 6.20 Å². The van der Waals surface area contributed by atoms with Gasteiger partial charge in [-0.1, -0.05) is 0 Å². The van der Waals surface area contributed by atoms with Crippen LogP contribution in [0.2, 0.25) is 0 Å². The summed E-state index contributed by atoms with van der Waals surface area (Å²) >= 11 is 0. The number of aromatic nitrogens is 1. The number of hydrogen-bond acceptors (Lipinski definition) is 3. The fraction of sp³-hybridized carbons (Fsp3) is 0.500. The lowest BCUT2D eigenvalue weighted by molar-refractivity contribution is -0.137. The molecule has 0 amide bonds. The molecule has 2 rings (SSSR count). The van der Waals surface area contributed by atoms with Crippen LogP contribution in [0.15, 0.2) is 12.3 Å². The SMILES string of the molecule is CC1(C)CNc2cc(C(F)(F)F)cnc2O1. The van der Waals surface area contributed by atoms with Crippen molar-refractivity contribution in [3.05, 3.63) is 17.8 Å². The van der Waals surface area contributed by atoms with E-state index in [4.69, 9.17) is 4.74 Å². The van der Waals surface area contributed by atoms with Crippen LogP contribution >= 0.6 is 0 Å². The zero-order chi connectivity index (χ0) is 12.0. The molecule has 0 spiro atoms. The van der Waals surface area contributed by atoms with Gasteiger partial charge in [-0.2, -0.15) is 13.2 Å². The van der Waals surface area contributed by atoms with Gasteiger partial charge in [-0.25, -0.2) is 4.98 Å². The van der Waals surface area contributed by atoms with Crippen LogP contribution in [0.4, 0.5) is 18.9 Å². The molecule has 0 bridgehead atoms. The molecule has 1 aliphatic rings. The number of pyridine rings is 1. The van der Waals surface area contributed by atoms with Crippen molar-refractivity contribution in [2.75, 3.05) is 11.9 Å². The van der Waals surface area contributed by atoms with Crippen LogP contribution in [0.1, 0.15) is 19.4 Å². The molecular weight excluding hydrogens is 221 g/mol. The zero-order valence-corrected chi connectivity index (χ0v) is 8.85. The molecule has 1 aromatic rings. The van der Waals surface area contributed by atoms with Crippen molar-refractivity contribution < 1.29 is 17.9 Å². The van der Waals surface area contributed by atoms with E-state index in [2.05, 4.69) is 10.3 Å². The fourth-order valence-corrected chi connectivity index (χ4v) is 1.42. The number of fused-ring (bicyclic) bond motifs is 1. The number of anilines is 1. The Bertz CT molecular complexity index is 415. The molecule has 0 unspecified atom stereocenters. The van der Waals surface area contributed by atoms with Crippen molar-refractivity contribution in [1.29, 1.82) is 0 Å². The maximum Gasteiger partial charge on any atom is 0.417 e. The summed E-state index contributed by atoms with van der Waals surface area (Å²) in [5.41, 5.74) is -0.948. The summed E-state index contributed by atoms with van der Waals surface area (Å²) in [6, 6.07) is 1.01. The zero-order valence-electron chi connectivity index (χ0n) is 8.85. The van der Waals surface area contributed by atoms with Crippen LogP contribution in [-0.2, 0) is 6.18 Å². The quantitative estimate of drug-likeness (QED) is 0.746. The normalized spacial score (nSPS) is 18.3. The van der Waals surface area contributed by atoms with E-state index < -0.39 is 17.3 Å². The topological polar surface area (TPSA) is 34.2 Å². The first-order valence-corrected chi connectivity index (χ1v) is 4.78. The number of ether oxygens (including phenoxy) is 1. The Morgan fingerprint density at radius 2 is 2.12 bits per heavy atom. The molecule has 1 N–H and O–H groups in total. The Hall–Kier alpha value is -1.46. The van der Waals surface area contributed by atoms with E-state index in [0.717, 1.165) is 12.3 Å². The Labute approximate surface area is 90.6 Å². The largest absolute Gasteiger partial charge is 0.468 e. The molecule has 0 saturated carbocycles. The van der Waals surface area contributed by atoms with Gasteiger partial charge in [-0.3, -0.25) is 0 Å². The van der Waals surface area contributed by atoms with Crippen molar-refractivity contribution in [1.82, 2.24) is 4.98 Å². The van der Waals surface area contributed by atoms with Gasteiger partial charge in [0.1, 0.15) is 5.60 Å². The van der Waals surface area contributed by atoms with Crippen molar-refractivity contribution in [2.24, 2.45) is 0 Å². The summed E-state index contributed by atoms with van der Waals surface area (Å²) in [5.74, 6) is 0.212. The lowest BCUT2D eigenvalue weighted by Gasteiger charge is -2.32. The van der Waals surface area contributed by atoms with E-state index in [1.165, 1.54) is 0 Å². The van der Waals surface area contributed by atoms with E-state index in [1.54, 1.807) is 0 Å². The Morgan fingerprint density at radius 3 is 2.75 bits per heavy atom. The molecule has 3 nitrogen and oxygen atoms in total. The molecule has 0 aromatic carbocycles. The van der Waals surface area contributed by atoms with Gasteiger partial charge < -0.3 is 10.1 Å². The number of nitrogens with zero attached hydrogens (tertiary/aromatic N) is 1. The number of hydrogen-bond donors (Lipinski definition) is 1. The van der Waals surface area contributed by atoms with Crippen LogP contribution in [0.25, 0.3) is 0 Å². The second-order valence-corrected chi connectivity index (χ2v) is 4.29. The first-order valence-electron chi connectivity index (χ1n) is 4.78. The predicted octanol–water partition coefficient (Wildman–Crippen LogP) is 2.68. The molecule has 1 aromatic heterocycles. The minimum Gasteiger partial charge on any atom is -0.468 e. The third-order valence-electron chi connectivity index (χ3n) is 2.26. The number of halogens is 3. The van der Waals surface area contributed by atoms with Gasteiger partial charge in [0.2, 0.25) is 5.88 Å². The standard InChI is InChI=1S/C10H11F3N2O/c1-9(2)5-15-7-3-6(10(11,12)13)4-14-8(7)16-9/h3-4,15H,5H2,1-2H3. The monoisotopic (exact) mass is 232 g/mol. The highest BCUT2D eigenvalue weighted by molar-refractivity contribution is 5.56. The third-order valence-corrected chi connectivity index (χ3v) is 2.26. The average Bonchev–Trinajstić information content (AvgIpc) is 2.14. The van der Waals surface area contributed by atoms with Crippen LogP contribution < -0.4 is 10.1 Å². The molecular formula is C10H11F3N2O. The van der Waals surface area contributed by atoms with Crippen LogP contribution in [-0.4, -0.2) is 17.1 Å². The minimum atomic E-state index is -4.38. The highest BCUT2D eigenvalue weighted by atomic mass is 19.4. The first-order chi connectivity index (χ1) is 7.28. The summed E-state index contributed by atoms with van der Waals surface area (Å²) < 4.78 is 42.7. The molecule has 0 radical (unpaired) electrons. The van der Waals surface area contributed by atoms with Crippen molar-refractivity contribution in [3.63, 3.8) is 0 Å². The molecule has 0 atom stereocenters. The third kappa shape index (κ3) is 2.05. The summed E-state index contributed by atoms with van der Waals surface area (Å²) in [6.07, 6.45) is -3.60. The first kappa shape index (κ1) is 11.0. The summed E-state index contributed by atoms with van der Waals surface area (Å²) in [7, 11) is 0. The molecule has 1 aliphatic heterocycles. The van der Waals surface area contributed by atoms with Gasteiger partial charge in [0.25, 0.3) is 0 Å². The lowest BCUT2D eigenvalue weighted by atomic mass is 10.1. The molecule has 0 fully saturated rings. The second kappa shape index (κ2) is 3.26. The molecule has 6 heteroatoms. The number of alkyl halides is 3. The number of nitrogens with one attached hydrogen (secondary N) is 1. The smallest absolute Gasteiger partial charge is 0.417 e. The van der Waals surface area contributed by atoms with Gasteiger partial charge in [-0.05, 0) is 19.9 Å². The fourth-order valence-electron chi connectivity index (χ4n) is 1.42. The van der Waals surface area contributed by atoms with Gasteiger partial charge in [0.15, 0.2) is 0 Å². The summed E-state index contributed by atoms with van der Waals surface area (Å²) in [6.45, 7) is 4.12. The molecule has 0 saturated heterocycles. The van der Waals surface area contributed by atoms with Crippen LogP contribution in [0.3, 0.4) is 0 Å². The summed E-state index contributed by atoms with van der Waals surface area (Å²) in [4.78, 5) is 3.68. The highest BCUT2D eigenvalue weighted by Crippen LogP contribution is 2.36. The molecule has 2 heterocycles. The van der Waals surface area contributed by atoms with Gasteiger partial charge >= 0.3 is 6.18 Å². The lowest BCUT2D eigenvalue weighted by Crippen LogP contribution is -2.40. The van der Waals surface area contributed by atoms with E-state index in [-0.39, 0.29) is 11.6 Å². The second-order valence-electron chi connectivity index (χ2n) is 4.29. The van der Waals surface area contributed by atoms with Crippen molar-refractivity contribution in [2.45, 2.75) is 25.6 Å². The molecule has 0 aliphatic carbocycles. The Kier molecular flexibility index (Phi) is 2.25. The summed E-state index contributed by atoms with van der Waals surface area (Å²) in [5, 5.41) is 2.88. The van der Waals surface area contributed by atoms with Crippen LogP contribution in [0.5, 0.6) is 5.88 Å². The number of rotatable bonds is 0. The highest BCUT2D eigenvalue weighted by Gasteiger charge is 2.34. The van der Waals surface area contributed by atoms with E-state index >= 15 is 0 Å². The minimum absolute atomic E-state index is 0.212. The predicted molar refractivity (Wildman–Crippen MR) is 52.4 cm³/mol. The maximum atomic E-state index is 12.4. The Balaban J connectivity index is 2.36. The molecule has 16 heavy (non-hydrogen) atoms. The van der Waals surface area contributed by atoms with Gasteiger partial charge in [0.05, 0.1) is 17.8 Å². The van der Waals surface area contributed by atoms with Crippen molar-refractivity contribution >= 4 is 5.69 Å². The van der Waals surface area contributed by atoms with E-state index in [1.807, 2.05) is 13.8 Å². The maximum absolute atomic E-state index is 12.4.